The van der Waals surface area contributed by atoms with Crippen molar-refractivity contribution in [3.8, 4) is 22.9 Å². The van der Waals surface area contributed by atoms with Crippen LogP contribution in [0.15, 0.2) is 24.4 Å². The number of ether oxygens (including phenoxy) is 2. The Labute approximate surface area is 161 Å². The Balaban J connectivity index is 1.77. The molecular weight excluding hydrogens is 363 g/mol. The zero-order chi connectivity index (χ0) is 20.0. The molecule has 1 N–H and O–H groups in total. The number of aryl methyl sites for hydroxylation is 2. The molecule has 3 aromatic heterocycles. The van der Waals surface area contributed by atoms with Crippen LogP contribution in [-0.2, 0) is 11.8 Å². The van der Waals surface area contributed by atoms with Gasteiger partial charge in [0.1, 0.15) is 23.3 Å². The maximum absolute atomic E-state index is 13.1. The predicted molar refractivity (Wildman–Crippen MR) is 103 cm³/mol. The summed E-state index contributed by atoms with van der Waals surface area (Å²) in [6.07, 6.45) is 0.916. The average molecular weight is 384 g/mol. The number of pyridine rings is 2. The Kier molecular flexibility index (Phi) is 4.41. The van der Waals surface area contributed by atoms with Gasteiger partial charge in [-0.2, -0.15) is 0 Å². The largest absolute Gasteiger partial charge is 0.496 e. The summed E-state index contributed by atoms with van der Waals surface area (Å²) < 4.78 is 26.1. The number of aromatic nitrogens is 3. The second-order valence-electron chi connectivity index (χ2n) is 6.91. The van der Waals surface area contributed by atoms with Gasteiger partial charge in [0, 0.05) is 24.2 Å². The first kappa shape index (κ1) is 18.2. The van der Waals surface area contributed by atoms with Gasteiger partial charge in [-0.05, 0) is 25.5 Å². The van der Waals surface area contributed by atoms with Crippen LogP contribution >= 0.6 is 0 Å². The Morgan fingerprint density at radius 2 is 2.04 bits per heavy atom. The monoisotopic (exact) mass is 384 g/mol. The minimum atomic E-state index is -1.04. The van der Waals surface area contributed by atoms with Crippen molar-refractivity contribution in [1.82, 2.24) is 14.5 Å². The van der Waals surface area contributed by atoms with Crippen molar-refractivity contribution < 1.29 is 18.7 Å². The van der Waals surface area contributed by atoms with E-state index in [1.807, 2.05) is 30.7 Å². The van der Waals surface area contributed by atoms with Gasteiger partial charge in [0.25, 0.3) is 0 Å². The molecule has 146 valence electrons. The number of methoxy groups -OCH3 is 2. The van der Waals surface area contributed by atoms with Crippen molar-refractivity contribution >= 4 is 22.6 Å². The number of alkyl halides is 1. The van der Waals surface area contributed by atoms with Crippen LogP contribution < -0.4 is 14.8 Å². The summed E-state index contributed by atoms with van der Waals surface area (Å²) in [5, 5.41) is 3.56. The normalized spacial score (nSPS) is 18.2. The van der Waals surface area contributed by atoms with Gasteiger partial charge < -0.3 is 19.4 Å². The number of anilines is 1. The van der Waals surface area contributed by atoms with Gasteiger partial charge in [0.05, 0.1) is 37.5 Å². The van der Waals surface area contributed by atoms with Crippen molar-refractivity contribution in [2.75, 3.05) is 19.5 Å². The Morgan fingerprint density at radius 3 is 2.68 bits per heavy atom. The van der Waals surface area contributed by atoms with Crippen LogP contribution in [0.2, 0.25) is 0 Å². The third-order valence-electron chi connectivity index (χ3n) is 4.98. The SMILES string of the molecule is COc1cc(C)nc(OC)c1-c1cc2cc(NC(=O)[C@@H]3C[C@@H]3F)ncc2n1C. The lowest BCUT2D eigenvalue weighted by molar-refractivity contribution is -0.117. The molecular formula is C20H21FN4O3. The van der Waals surface area contributed by atoms with Gasteiger partial charge in [-0.15, -0.1) is 0 Å². The molecule has 1 fully saturated rings. The van der Waals surface area contributed by atoms with E-state index in [0.29, 0.717) is 17.4 Å². The predicted octanol–water partition coefficient (Wildman–Crippen LogP) is 3.26. The van der Waals surface area contributed by atoms with E-state index in [1.165, 1.54) is 0 Å². The molecule has 0 aromatic carbocycles. The smallest absolute Gasteiger partial charge is 0.231 e. The van der Waals surface area contributed by atoms with Crippen LogP contribution in [0.25, 0.3) is 22.2 Å². The molecule has 0 saturated heterocycles. The lowest BCUT2D eigenvalue weighted by Gasteiger charge is -2.14. The number of halogens is 1. The van der Waals surface area contributed by atoms with Crippen LogP contribution in [-0.4, -0.2) is 40.8 Å². The molecule has 0 spiro atoms. The fourth-order valence-electron chi connectivity index (χ4n) is 3.36. The van der Waals surface area contributed by atoms with Crippen molar-refractivity contribution in [3.05, 3.63) is 30.1 Å². The molecule has 2 atom stereocenters. The average Bonchev–Trinajstić information content (AvgIpc) is 3.33. The van der Waals surface area contributed by atoms with E-state index in [2.05, 4.69) is 15.3 Å². The molecule has 28 heavy (non-hydrogen) atoms. The van der Waals surface area contributed by atoms with Crippen molar-refractivity contribution in [2.24, 2.45) is 13.0 Å². The van der Waals surface area contributed by atoms with E-state index in [0.717, 1.165) is 27.9 Å². The second kappa shape index (κ2) is 6.78. The minimum Gasteiger partial charge on any atom is -0.496 e. The fourth-order valence-corrected chi connectivity index (χ4v) is 3.36. The van der Waals surface area contributed by atoms with Crippen LogP contribution in [0.1, 0.15) is 12.1 Å². The van der Waals surface area contributed by atoms with Crippen LogP contribution in [0.4, 0.5) is 10.2 Å². The summed E-state index contributed by atoms with van der Waals surface area (Å²) in [6, 6.07) is 5.58. The van der Waals surface area contributed by atoms with Crippen molar-refractivity contribution in [3.63, 3.8) is 0 Å². The highest BCUT2D eigenvalue weighted by molar-refractivity contribution is 5.96. The molecule has 4 rings (SSSR count). The highest BCUT2D eigenvalue weighted by Crippen LogP contribution is 2.40. The van der Waals surface area contributed by atoms with Gasteiger partial charge in [0.15, 0.2) is 0 Å². The number of amides is 1. The highest BCUT2D eigenvalue weighted by Gasteiger charge is 2.43. The first-order valence-electron chi connectivity index (χ1n) is 8.93. The minimum absolute atomic E-state index is 0.281. The molecule has 3 heterocycles. The second-order valence-corrected chi connectivity index (χ2v) is 6.91. The maximum Gasteiger partial charge on any atom is 0.231 e. The molecule has 1 amide bonds. The summed E-state index contributed by atoms with van der Waals surface area (Å²) >= 11 is 0. The van der Waals surface area contributed by atoms with Gasteiger partial charge in [-0.25, -0.2) is 14.4 Å². The molecule has 3 aromatic rings. The molecule has 1 aliphatic rings. The van der Waals surface area contributed by atoms with E-state index in [1.54, 1.807) is 26.5 Å². The first-order chi connectivity index (χ1) is 13.4. The zero-order valence-electron chi connectivity index (χ0n) is 16.1. The Morgan fingerprint density at radius 1 is 1.29 bits per heavy atom. The number of fused-ring (bicyclic) bond motifs is 1. The molecule has 1 aliphatic carbocycles. The number of carbonyl (C=O) groups excluding carboxylic acids is 1. The standard InChI is InChI=1S/C20H21FN4O3/c1-10-5-16(27-3)18(20(23-10)28-4)14-6-11-7-17(22-9-15(11)25(14)2)24-19(26)12-8-13(12)21/h5-7,9,12-13H,8H2,1-4H3,(H,22,24,26)/t12-,13+/m1/s1. The number of nitrogens with zero attached hydrogens (tertiary/aromatic N) is 3. The third kappa shape index (κ3) is 3.04. The summed E-state index contributed by atoms with van der Waals surface area (Å²) in [5.41, 5.74) is 3.23. The Bertz CT molecular complexity index is 1050. The molecule has 7 nitrogen and oxygen atoms in total. The van der Waals surface area contributed by atoms with E-state index >= 15 is 0 Å². The number of carbonyl (C=O) groups is 1. The molecule has 0 bridgehead atoms. The fraction of sp³-hybridized carbons (Fsp3) is 0.350. The Hall–Kier alpha value is -3.16. The quantitative estimate of drug-likeness (QED) is 0.731. The molecule has 0 unspecified atom stereocenters. The van der Waals surface area contributed by atoms with Crippen LogP contribution in [0, 0.1) is 12.8 Å². The van der Waals surface area contributed by atoms with Crippen molar-refractivity contribution in [2.45, 2.75) is 19.5 Å². The lowest BCUT2D eigenvalue weighted by Crippen LogP contribution is -2.15. The number of rotatable bonds is 5. The summed E-state index contributed by atoms with van der Waals surface area (Å²) in [7, 11) is 5.08. The van der Waals surface area contributed by atoms with E-state index in [4.69, 9.17) is 9.47 Å². The first-order valence-corrected chi connectivity index (χ1v) is 8.93. The summed E-state index contributed by atoms with van der Waals surface area (Å²) in [6.45, 7) is 1.87. The van der Waals surface area contributed by atoms with Gasteiger partial charge in [-0.3, -0.25) is 4.79 Å². The van der Waals surface area contributed by atoms with Gasteiger partial charge >= 0.3 is 0 Å². The lowest BCUT2D eigenvalue weighted by atomic mass is 10.1. The molecule has 1 saturated carbocycles. The zero-order valence-corrected chi connectivity index (χ0v) is 16.1. The topological polar surface area (TPSA) is 78.3 Å². The molecule has 0 aliphatic heterocycles. The van der Waals surface area contributed by atoms with Crippen molar-refractivity contribution in [1.29, 1.82) is 0 Å². The van der Waals surface area contributed by atoms with E-state index in [-0.39, 0.29) is 12.3 Å². The van der Waals surface area contributed by atoms with Crippen LogP contribution in [0.5, 0.6) is 11.6 Å². The molecule has 0 radical (unpaired) electrons. The number of hydrogen-bond donors (Lipinski definition) is 1. The summed E-state index contributed by atoms with van der Waals surface area (Å²) in [4.78, 5) is 20.7. The van der Waals surface area contributed by atoms with Gasteiger partial charge in [-0.1, -0.05) is 0 Å². The number of hydrogen-bond acceptors (Lipinski definition) is 5. The third-order valence-corrected chi connectivity index (χ3v) is 4.98. The van der Waals surface area contributed by atoms with Gasteiger partial charge in [0.2, 0.25) is 11.8 Å². The van der Waals surface area contributed by atoms with E-state index in [9.17, 15) is 9.18 Å². The highest BCUT2D eigenvalue weighted by atomic mass is 19.1. The molecule has 8 heteroatoms. The van der Waals surface area contributed by atoms with Crippen LogP contribution in [0.3, 0.4) is 0 Å². The number of nitrogens with one attached hydrogen (secondary N) is 1. The maximum atomic E-state index is 13.1. The summed E-state index contributed by atoms with van der Waals surface area (Å²) in [5.74, 6) is 0.624. The van der Waals surface area contributed by atoms with E-state index < -0.39 is 12.1 Å².